The van der Waals surface area contributed by atoms with E-state index in [1.54, 1.807) is 4.57 Å². The van der Waals surface area contributed by atoms with Crippen molar-refractivity contribution >= 4 is 5.91 Å². The lowest BCUT2D eigenvalue weighted by molar-refractivity contribution is -0.123. The van der Waals surface area contributed by atoms with Gasteiger partial charge >= 0.3 is 5.69 Å². The second-order valence-electron chi connectivity index (χ2n) is 7.77. The lowest BCUT2D eigenvalue weighted by Crippen LogP contribution is -2.49. The number of hydrogen-bond donors (Lipinski definition) is 1. The van der Waals surface area contributed by atoms with Crippen LogP contribution in [0.25, 0.3) is 11.4 Å². The Morgan fingerprint density at radius 2 is 2.00 bits per heavy atom. The second kappa shape index (κ2) is 7.13. The molecule has 0 atom stereocenters. The van der Waals surface area contributed by atoms with E-state index in [9.17, 15) is 14.4 Å². The molecule has 0 saturated carbocycles. The summed E-state index contributed by atoms with van der Waals surface area (Å²) in [6, 6.07) is 0. The zero-order chi connectivity index (χ0) is 19.8. The summed E-state index contributed by atoms with van der Waals surface area (Å²) < 4.78 is 7.68. The minimum atomic E-state index is -0.555. The number of hydrogen-bond acceptors (Lipinski definition) is 6. The molecule has 0 radical (unpaired) electrons. The van der Waals surface area contributed by atoms with Gasteiger partial charge in [0.1, 0.15) is 12.1 Å². The van der Waals surface area contributed by atoms with Gasteiger partial charge in [-0.2, -0.15) is 4.98 Å². The summed E-state index contributed by atoms with van der Waals surface area (Å²) in [5.41, 5.74) is -0.617. The number of fused-ring (bicyclic) bond motifs is 1. The number of nitrogens with one attached hydrogen (secondary N) is 1. The smallest absolute Gasteiger partial charge is 0.331 e. The molecular weight excluding hydrogens is 350 g/mol. The Morgan fingerprint density at radius 3 is 2.63 bits per heavy atom. The molecule has 1 amide bonds. The van der Waals surface area contributed by atoms with Gasteiger partial charge in [-0.15, -0.1) is 0 Å². The lowest BCUT2D eigenvalue weighted by Gasteiger charge is -2.23. The molecule has 0 fully saturated rings. The highest BCUT2D eigenvalue weighted by Crippen LogP contribution is 2.21. The van der Waals surface area contributed by atoms with Crippen molar-refractivity contribution in [2.45, 2.75) is 72.0 Å². The van der Waals surface area contributed by atoms with Crippen LogP contribution in [-0.2, 0) is 30.7 Å². The van der Waals surface area contributed by atoms with E-state index >= 15 is 0 Å². The topological polar surface area (TPSA) is 112 Å². The van der Waals surface area contributed by atoms with Gasteiger partial charge < -0.3 is 9.84 Å². The number of amides is 1. The predicted molar refractivity (Wildman–Crippen MR) is 98.5 cm³/mol. The van der Waals surface area contributed by atoms with Gasteiger partial charge in [-0.3, -0.25) is 18.7 Å². The van der Waals surface area contributed by atoms with E-state index in [2.05, 4.69) is 15.5 Å². The van der Waals surface area contributed by atoms with E-state index < -0.39 is 22.7 Å². The molecule has 2 aromatic rings. The van der Waals surface area contributed by atoms with Crippen molar-refractivity contribution in [3.05, 3.63) is 32.4 Å². The summed E-state index contributed by atoms with van der Waals surface area (Å²) in [5.74, 6) is 0.195. The zero-order valence-corrected chi connectivity index (χ0v) is 16.2. The van der Waals surface area contributed by atoms with Gasteiger partial charge in [-0.05, 0) is 40.0 Å². The first-order valence-electron chi connectivity index (χ1n) is 9.21. The molecule has 2 aromatic heterocycles. The molecular formula is C18H25N5O4. The van der Waals surface area contributed by atoms with Crippen LogP contribution in [0.1, 0.15) is 52.1 Å². The van der Waals surface area contributed by atoms with Crippen LogP contribution in [0.2, 0.25) is 0 Å². The van der Waals surface area contributed by atoms with Crippen molar-refractivity contribution in [1.29, 1.82) is 0 Å². The van der Waals surface area contributed by atoms with Gasteiger partial charge in [0.05, 0.1) is 0 Å². The van der Waals surface area contributed by atoms with Gasteiger partial charge in [0.2, 0.25) is 17.6 Å². The molecule has 1 aliphatic rings. The molecule has 0 spiro atoms. The molecule has 1 N–H and O–H groups in total. The lowest BCUT2D eigenvalue weighted by atomic mass is 10.0. The summed E-state index contributed by atoms with van der Waals surface area (Å²) in [5, 5.41) is 6.70. The maximum atomic E-state index is 13.1. The molecule has 9 heteroatoms. The maximum Gasteiger partial charge on any atom is 0.331 e. The van der Waals surface area contributed by atoms with Crippen molar-refractivity contribution in [1.82, 2.24) is 24.6 Å². The van der Waals surface area contributed by atoms with E-state index in [1.165, 1.54) is 0 Å². The Morgan fingerprint density at radius 1 is 1.26 bits per heavy atom. The highest BCUT2D eigenvalue weighted by atomic mass is 16.5. The minimum absolute atomic E-state index is 0.174. The fraction of sp³-hybridized carbons (Fsp3) is 0.611. The van der Waals surface area contributed by atoms with E-state index in [1.807, 2.05) is 27.7 Å². The molecule has 9 nitrogen and oxygen atoms in total. The van der Waals surface area contributed by atoms with Crippen molar-refractivity contribution in [2.75, 3.05) is 0 Å². The molecule has 146 valence electrons. The summed E-state index contributed by atoms with van der Waals surface area (Å²) in [7, 11) is 0. The summed E-state index contributed by atoms with van der Waals surface area (Å²) >= 11 is 0. The molecule has 3 rings (SSSR count). The van der Waals surface area contributed by atoms with Gasteiger partial charge in [-0.25, -0.2) is 4.79 Å². The normalized spacial score (nSPS) is 14.1. The third-order valence-electron chi connectivity index (χ3n) is 4.39. The van der Waals surface area contributed by atoms with Crippen molar-refractivity contribution in [2.24, 2.45) is 0 Å². The van der Waals surface area contributed by atoms with Gasteiger partial charge in [0, 0.05) is 24.2 Å². The number of aromatic nitrogens is 4. The summed E-state index contributed by atoms with van der Waals surface area (Å²) in [4.78, 5) is 42.6. The third kappa shape index (κ3) is 3.86. The average Bonchev–Trinajstić information content (AvgIpc) is 3.06. The second-order valence-corrected chi connectivity index (χ2v) is 7.77. The van der Waals surface area contributed by atoms with Gasteiger partial charge in [0.25, 0.3) is 5.56 Å². The highest BCUT2D eigenvalue weighted by Gasteiger charge is 2.26. The molecule has 27 heavy (non-hydrogen) atoms. The number of carbonyl (C=O) groups excluding carboxylic acids is 1. The standard InChI is InChI=1S/C18H25N5O4/c1-5-13-19-15(21-27-13)14-11-8-6-7-9-22(11)17(26)23(16(14)25)10-12(24)20-18(2,3)4/h5-10H2,1-4H3,(H,20,24). The van der Waals surface area contributed by atoms with Crippen LogP contribution in [-0.4, -0.2) is 30.7 Å². The monoisotopic (exact) mass is 375 g/mol. The summed E-state index contributed by atoms with van der Waals surface area (Å²) in [6.07, 6.45) is 2.85. The van der Waals surface area contributed by atoms with E-state index in [-0.39, 0.29) is 17.9 Å². The molecule has 3 heterocycles. The van der Waals surface area contributed by atoms with Crippen molar-refractivity contribution < 1.29 is 9.32 Å². The molecule has 0 aliphatic carbocycles. The van der Waals surface area contributed by atoms with Crippen LogP contribution < -0.4 is 16.6 Å². The zero-order valence-electron chi connectivity index (χ0n) is 16.2. The Bertz CT molecular complexity index is 977. The highest BCUT2D eigenvalue weighted by molar-refractivity contribution is 5.76. The fourth-order valence-electron chi connectivity index (χ4n) is 3.26. The molecule has 1 aliphatic heterocycles. The Kier molecular flexibility index (Phi) is 5.03. The molecule has 0 unspecified atom stereocenters. The van der Waals surface area contributed by atoms with E-state index in [0.717, 1.165) is 17.4 Å². The van der Waals surface area contributed by atoms with Crippen LogP contribution in [0.4, 0.5) is 0 Å². The predicted octanol–water partition coefficient (Wildman–Crippen LogP) is 0.873. The maximum absolute atomic E-state index is 13.1. The summed E-state index contributed by atoms with van der Waals surface area (Å²) in [6.45, 7) is 7.54. The number of aryl methyl sites for hydroxylation is 1. The van der Waals surface area contributed by atoms with Gasteiger partial charge in [-0.1, -0.05) is 12.1 Å². The third-order valence-corrected chi connectivity index (χ3v) is 4.39. The minimum Gasteiger partial charge on any atom is -0.350 e. The first kappa shape index (κ1) is 19.1. The van der Waals surface area contributed by atoms with Gasteiger partial charge in [0.15, 0.2) is 0 Å². The Hall–Kier alpha value is -2.71. The van der Waals surface area contributed by atoms with E-state index in [4.69, 9.17) is 4.52 Å². The number of carbonyl (C=O) groups is 1. The van der Waals surface area contributed by atoms with Crippen LogP contribution in [0.3, 0.4) is 0 Å². The van der Waals surface area contributed by atoms with E-state index in [0.29, 0.717) is 31.0 Å². The van der Waals surface area contributed by atoms with Crippen LogP contribution >= 0.6 is 0 Å². The number of rotatable bonds is 4. The quantitative estimate of drug-likeness (QED) is 0.849. The first-order chi connectivity index (χ1) is 12.7. The largest absolute Gasteiger partial charge is 0.350 e. The Balaban J connectivity index is 2.14. The SMILES string of the molecule is CCc1nc(-c2c3n(c(=O)n(CC(=O)NC(C)(C)C)c2=O)CCCC3)no1. The average molecular weight is 375 g/mol. The fourth-order valence-corrected chi connectivity index (χ4v) is 3.26. The van der Waals surface area contributed by atoms with Crippen molar-refractivity contribution in [3.8, 4) is 11.4 Å². The Labute approximate surface area is 156 Å². The molecule has 0 bridgehead atoms. The number of nitrogens with zero attached hydrogens (tertiary/aromatic N) is 4. The van der Waals surface area contributed by atoms with Crippen molar-refractivity contribution in [3.63, 3.8) is 0 Å². The van der Waals surface area contributed by atoms with Crippen LogP contribution in [0.5, 0.6) is 0 Å². The van der Waals surface area contributed by atoms with Crippen LogP contribution in [0, 0.1) is 0 Å². The molecule has 0 saturated heterocycles. The first-order valence-corrected chi connectivity index (χ1v) is 9.21. The van der Waals surface area contributed by atoms with Crippen LogP contribution in [0.15, 0.2) is 14.1 Å². The molecule has 0 aromatic carbocycles.